The topological polar surface area (TPSA) is 60.2 Å². The number of hydrogen-bond donors (Lipinski definition) is 1. The van der Waals surface area contributed by atoms with Crippen LogP contribution in [0, 0.1) is 0 Å². The van der Waals surface area contributed by atoms with Crippen molar-refractivity contribution in [1.82, 2.24) is 0 Å². The van der Waals surface area contributed by atoms with Crippen LogP contribution in [0.4, 0.5) is 0 Å². The van der Waals surface area contributed by atoms with Gasteiger partial charge < -0.3 is 5.73 Å². The van der Waals surface area contributed by atoms with E-state index in [0.29, 0.717) is 12.8 Å². The van der Waals surface area contributed by atoms with Crippen LogP contribution in [0.3, 0.4) is 0 Å². The zero-order chi connectivity index (χ0) is 10.2. The summed E-state index contributed by atoms with van der Waals surface area (Å²) in [6.45, 7) is 0. The number of benzene rings is 1. The van der Waals surface area contributed by atoms with Crippen LogP contribution in [0.15, 0.2) is 30.3 Å². The fraction of sp³-hybridized carbons (Fsp3) is 0.400. The lowest BCUT2D eigenvalue weighted by molar-refractivity contribution is 0.455. The van der Waals surface area contributed by atoms with Crippen LogP contribution in [-0.2, 0) is 16.3 Å². The molecule has 1 aliphatic rings. The van der Waals surface area contributed by atoms with E-state index in [-0.39, 0.29) is 5.75 Å². The van der Waals surface area contributed by atoms with Crippen molar-refractivity contribution in [3.8, 4) is 0 Å². The SMILES string of the molecule is NC1(Cc2ccccc2)CCS1(=O)=O. The molecular formula is C10H13NO2S. The molecule has 14 heavy (non-hydrogen) atoms. The van der Waals surface area contributed by atoms with E-state index < -0.39 is 14.7 Å². The lowest BCUT2D eigenvalue weighted by Gasteiger charge is -2.37. The molecule has 1 heterocycles. The second kappa shape index (κ2) is 3.07. The summed E-state index contributed by atoms with van der Waals surface area (Å²) in [4.78, 5) is -1.01. The van der Waals surface area contributed by atoms with Crippen molar-refractivity contribution in [3.63, 3.8) is 0 Å². The van der Waals surface area contributed by atoms with Crippen molar-refractivity contribution in [2.45, 2.75) is 17.7 Å². The van der Waals surface area contributed by atoms with E-state index in [4.69, 9.17) is 5.73 Å². The van der Waals surface area contributed by atoms with Crippen LogP contribution in [0.25, 0.3) is 0 Å². The predicted octanol–water partition coefficient (Wildman–Crippen LogP) is 0.703. The quantitative estimate of drug-likeness (QED) is 0.783. The molecule has 1 aliphatic heterocycles. The fourth-order valence-electron chi connectivity index (χ4n) is 1.67. The first-order valence-corrected chi connectivity index (χ1v) is 6.24. The predicted molar refractivity (Wildman–Crippen MR) is 55.5 cm³/mol. The molecule has 2 N–H and O–H groups in total. The first kappa shape index (κ1) is 9.68. The molecule has 2 rings (SSSR count). The van der Waals surface area contributed by atoms with Crippen LogP contribution >= 0.6 is 0 Å². The molecule has 1 aromatic rings. The monoisotopic (exact) mass is 211 g/mol. The van der Waals surface area contributed by atoms with Gasteiger partial charge in [0.05, 0.1) is 5.75 Å². The zero-order valence-corrected chi connectivity index (χ0v) is 8.63. The molecule has 3 nitrogen and oxygen atoms in total. The van der Waals surface area contributed by atoms with Crippen molar-refractivity contribution >= 4 is 9.84 Å². The van der Waals surface area contributed by atoms with Gasteiger partial charge in [-0.05, 0) is 12.0 Å². The van der Waals surface area contributed by atoms with Crippen molar-refractivity contribution in [2.75, 3.05) is 5.75 Å². The second-order valence-electron chi connectivity index (χ2n) is 3.80. The van der Waals surface area contributed by atoms with Gasteiger partial charge in [-0.25, -0.2) is 8.42 Å². The minimum absolute atomic E-state index is 0.232. The average Bonchev–Trinajstić information content (AvgIpc) is 2.18. The Hall–Kier alpha value is -0.870. The Bertz CT molecular complexity index is 427. The maximum atomic E-state index is 11.4. The number of sulfone groups is 1. The van der Waals surface area contributed by atoms with Crippen LogP contribution in [-0.4, -0.2) is 19.0 Å². The van der Waals surface area contributed by atoms with E-state index >= 15 is 0 Å². The second-order valence-corrected chi connectivity index (χ2v) is 6.25. The number of hydrogen-bond acceptors (Lipinski definition) is 3. The minimum atomic E-state index is -3.04. The molecule has 0 spiro atoms. The third kappa shape index (κ3) is 1.44. The van der Waals surface area contributed by atoms with E-state index in [9.17, 15) is 8.42 Å². The summed E-state index contributed by atoms with van der Waals surface area (Å²) >= 11 is 0. The van der Waals surface area contributed by atoms with E-state index in [1.165, 1.54) is 0 Å². The molecule has 1 fully saturated rings. The molecule has 4 heteroatoms. The average molecular weight is 211 g/mol. The molecule has 1 aromatic carbocycles. The summed E-state index contributed by atoms with van der Waals surface area (Å²) in [5.74, 6) is 0.232. The van der Waals surface area contributed by atoms with E-state index in [1.807, 2.05) is 30.3 Å². The molecule has 1 unspecified atom stereocenters. The molecule has 0 saturated carbocycles. The summed E-state index contributed by atoms with van der Waals surface area (Å²) < 4.78 is 22.8. The van der Waals surface area contributed by atoms with Crippen molar-refractivity contribution in [1.29, 1.82) is 0 Å². The highest BCUT2D eigenvalue weighted by atomic mass is 32.2. The van der Waals surface area contributed by atoms with Crippen molar-refractivity contribution in [2.24, 2.45) is 5.73 Å². The van der Waals surface area contributed by atoms with Crippen LogP contribution in [0.1, 0.15) is 12.0 Å². The Morgan fingerprint density at radius 2 is 1.93 bits per heavy atom. The smallest absolute Gasteiger partial charge is 0.169 e. The molecule has 0 bridgehead atoms. The Kier molecular flexibility index (Phi) is 2.12. The Morgan fingerprint density at radius 1 is 1.29 bits per heavy atom. The first-order chi connectivity index (χ1) is 6.54. The van der Waals surface area contributed by atoms with Gasteiger partial charge in [-0.1, -0.05) is 30.3 Å². The van der Waals surface area contributed by atoms with Crippen LogP contribution < -0.4 is 5.73 Å². The lowest BCUT2D eigenvalue weighted by Crippen LogP contribution is -2.59. The molecular weight excluding hydrogens is 198 g/mol. The summed E-state index contributed by atoms with van der Waals surface area (Å²) in [6, 6.07) is 9.50. The molecule has 0 radical (unpaired) electrons. The third-order valence-electron chi connectivity index (χ3n) is 2.76. The minimum Gasteiger partial charge on any atom is -0.312 e. The Labute approximate surface area is 83.9 Å². The highest BCUT2D eigenvalue weighted by Crippen LogP contribution is 2.31. The van der Waals surface area contributed by atoms with Gasteiger partial charge in [0.25, 0.3) is 0 Å². The molecule has 0 amide bonds. The highest BCUT2D eigenvalue weighted by molar-refractivity contribution is 7.94. The lowest BCUT2D eigenvalue weighted by atomic mass is 10.0. The summed E-state index contributed by atoms with van der Waals surface area (Å²) in [7, 11) is -3.04. The standard InChI is InChI=1S/C10H13NO2S/c11-10(6-7-14(10,12)13)8-9-4-2-1-3-5-9/h1-5H,6-8,11H2. The Morgan fingerprint density at radius 3 is 2.36 bits per heavy atom. The zero-order valence-electron chi connectivity index (χ0n) is 7.81. The van der Waals surface area contributed by atoms with Crippen molar-refractivity contribution < 1.29 is 8.42 Å². The highest BCUT2D eigenvalue weighted by Gasteiger charge is 2.48. The maximum absolute atomic E-state index is 11.4. The fourth-order valence-corrected chi connectivity index (χ4v) is 3.12. The normalized spacial score (nSPS) is 29.5. The van der Waals surface area contributed by atoms with Gasteiger partial charge in [0, 0.05) is 6.42 Å². The van der Waals surface area contributed by atoms with Gasteiger partial charge in [0.2, 0.25) is 0 Å². The number of nitrogens with two attached hydrogens (primary N) is 1. The molecule has 76 valence electrons. The Balaban J connectivity index is 2.21. The van der Waals surface area contributed by atoms with Gasteiger partial charge in [-0.15, -0.1) is 0 Å². The summed E-state index contributed by atoms with van der Waals surface area (Å²) in [5, 5.41) is 0. The van der Waals surface area contributed by atoms with Crippen molar-refractivity contribution in [3.05, 3.63) is 35.9 Å². The van der Waals surface area contributed by atoms with Gasteiger partial charge >= 0.3 is 0 Å². The third-order valence-corrected chi connectivity index (χ3v) is 5.09. The van der Waals surface area contributed by atoms with Crippen LogP contribution in [0.5, 0.6) is 0 Å². The summed E-state index contributed by atoms with van der Waals surface area (Å²) in [6.07, 6.45) is 1.00. The largest absolute Gasteiger partial charge is 0.312 e. The molecule has 1 saturated heterocycles. The maximum Gasteiger partial charge on any atom is 0.169 e. The first-order valence-electron chi connectivity index (χ1n) is 4.59. The van der Waals surface area contributed by atoms with Gasteiger partial charge in [-0.3, -0.25) is 0 Å². The van der Waals surface area contributed by atoms with E-state index in [0.717, 1.165) is 5.56 Å². The van der Waals surface area contributed by atoms with Crippen LogP contribution in [0.2, 0.25) is 0 Å². The van der Waals surface area contributed by atoms with E-state index in [2.05, 4.69) is 0 Å². The van der Waals surface area contributed by atoms with Gasteiger partial charge in [0.1, 0.15) is 4.87 Å². The number of rotatable bonds is 2. The van der Waals surface area contributed by atoms with Gasteiger partial charge in [0.15, 0.2) is 9.84 Å². The van der Waals surface area contributed by atoms with Gasteiger partial charge in [-0.2, -0.15) is 0 Å². The molecule has 0 aliphatic carbocycles. The molecule has 1 atom stereocenters. The van der Waals surface area contributed by atoms with E-state index in [1.54, 1.807) is 0 Å². The summed E-state index contributed by atoms with van der Waals surface area (Å²) in [5.41, 5.74) is 6.81. The molecule has 0 aromatic heterocycles.